The van der Waals surface area contributed by atoms with Crippen molar-refractivity contribution in [2.24, 2.45) is 0 Å². The third-order valence-corrected chi connectivity index (χ3v) is 1.70. The molecule has 0 atom stereocenters. The Morgan fingerprint density at radius 1 is 1.60 bits per heavy atom. The summed E-state index contributed by atoms with van der Waals surface area (Å²) in [4.78, 5) is 10.7. The fourth-order valence-corrected chi connectivity index (χ4v) is 1.08. The molecule has 1 rings (SSSR count). The van der Waals surface area contributed by atoms with E-state index in [4.69, 9.17) is 0 Å². The van der Waals surface area contributed by atoms with Crippen molar-refractivity contribution in [2.45, 2.75) is 6.92 Å². The van der Waals surface area contributed by atoms with Crippen molar-refractivity contribution in [3.63, 3.8) is 0 Å². The van der Waals surface area contributed by atoms with Crippen LogP contribution in [0.1, 0.15) is 14.8 Å². The number of hydrogen-bond acceptors (Lipinski definition) is 5. The molecule has 0 saturated heterocycles. The zero-order valence-electron chi connectivity index (χ0n) is 5.62. The smallest absolute Gasteiger partial charge is 0.369 e. The lowest BCUT2D eigenvalue weighted by molar-refractivity contribution is 0.0599. The van der Waals surface area contributed by atoms with Gasteiger partial charge in [0.15, 0.2) is 0 Å². The largest absolute Gasteiger partial charge is 0.464 e. The van der Waals surface area contributed by atoms with Crippen LogP contribution in [0.25, 0.3) is 0 Å². The van der Waals surface area contributed by atoms with Crippen molar-refractivity contribution in [2.75, 3.05) is 7.11 Å². The van der Waals surface area contributed by atoms with Crippen LogP contribution in [0.5, 0.6) is 0 Å². The lowest BCUT2D eigenvalue weighted by Gasteiger charge is -1.88. The molecule has 10 heavy (non-hydrogen) atoms. The third-order valence-electron chi connectivity index (χ3n) is 0.886. The molecule has 0 fully saturated rings. The van der Waals surface area contributed by atoms with Gasteiger partial charge in [-0.1, -0.05) is 11.3 Å². The topological polar surface area (TPSA) is 52.1 Å². The van der Waals surface area contributed by atoms with E-state index in [0.29, 0.717) is 5.01 Å². The molecule has 0 amide bonds. The summed E-state index contributed by atoms with van der Waals surface area (Å²) >= 11 is 1.22. The molecule has 0 radical (unpaired) electrons. The second-order valence-electron chi connectivity index (χ2n) is 1.62. The predicted octanol–water partition coefficient (Wildman–Crippen LogP) is 0.633. The standard InChI is InChI=1S/C5H6N2O2S/c1-3-6-7-4(10-3)5(8)9-2/h1-2H3. The molecule has 0 aliphatic heterocycles. The fraction of sp³-hybridized carbons (Fsp3) is 0.400. The van der Waals surface area contributed by atoms with E-state index in [1.54, 1.807) is 6.92 Å². The van der Waals surface area contributed by atoms with Gasteiger partial charge in [0.2, 0.25) is 5.01 Å². The predicted molar refractivity (Wildman–Crippen MR) is 36.0 cm³/mol. The van der Waals surface area contributed by atoms with E-state index in [0.717, 1.165) is 5.01 Å². The zero-order chi connectivity index (χ0) is 7.56. The first-order valence-electron chi connectivity index (χ1n) is 2.62. The summed E-state index contributed by atoms with van der Waals surface area (Å²) in [7, 11) is 1.32. The van der Waals surface area contributed by atoms with Crippen LogP contribution in [0.4, 0.5) is 0 Å². The van der Waals surface area contributed by atoms with Gasteiger partial charge in [0, 0.05) is 0 Å². The van der Waals surface area contributed by atoms with Crippen molar-refractivity contribution in [1.29, 1.82) is 0 Å². The highest BCUT2D eigenvalue weighted by atomic mass is 32.1. The Hall–Kier alpha value is -0.970. The number of carbonyl (C=O) groups is 1. The number of nitrogens with zero attached hydrogens (tertiary/aromatic N) is 2. The van der Waals surface area contributed by atoms with Crippen molar-refractivity contribution in [3.8, 4) is 0 Å². The first kappa shape index (κ1) is 7.14. The highest BCUT2D eigenvalue weighted by Gasteiger charge is 2.09. The molecular weight excluding hydrogens is 152 g/mol. The molecule has 0 spiro atoms. The van der Waals surface area contributed by atoms with Crippen LogP contribution in [0.15, 0.2) is 0 Å². The number of carbonyl (C=O) groups excluding carboxylic acids is 1. The average molecular weight is 158 g/mol. The van der Waals surface area contributed by atoms with E-state index in [9.17, 15) is 4.79 Å². The molecule has 4 nitrogen and oxygen atoms in total. The average Bonchev–Trinajstić information content (AvgIpc) is 2.34. The van der Waals surface area contributed by atoms with Gasteiger partial charge in [0.05, 0.1) is 7.11 Å². The van der Waals surface area contributed by atoms with Crippen LogP contribution in [-0.2, 0) is 4.74 Å². The number of hydrogen-bond donors (Lipinski definition) is 0. The van der Waals surface area contributed by atoms with Crippen molar-refractivity contribution >= 4 is 17.3 Å². The lowest BCUT2D eigenvalue weighted by atomic mass is 10.7. The molecular formula is C5H6N2O2S. The van der Waals surface area contributed by atoms with Crippen LogP contribution in [0.3, 0.4) is 0 Å². The maximum atomic E-state index is 10.7. The monoisotopic (exact) mass is 158 g/mol. The highest BCUT2D eigenvalue weighted by molar-refractivity contribution is 7.13. The molecule has 1 aromatic rings. The van der Waals surface area contributed by atoms with E-state index in [1.807, 2.05) is 0 Å². The summed E-state index contributed by atoms with van der Waals surface area (Å²) in [5, 5.41) is 8.30. The Morgan fingerprint density at radius 3 is 2.70 bits per heavy atom. The van der Waals surface area contributed by atoms with Gasteiger partial charge in [-0.15, -0.1) is 10.2 Å². The summed E-state index contributed by atoms with van der Waals surface area (Å²) in [5.41, 5.74) is 0. The fourth-order valence-electron chi connectivity index (χ4n) is 0.466. The summed E-state index contributed by atoms with van der Waals surface area (Å²) in [6, 6.07) is 0. The molecule has 5 heteroatoms. The van der Waals surface area contributed by atoms with Crippen molar-refractivity contribution < 1.29 is 9.53 Å². The number of rotatable bonds is 1. The van der Waals surface area contributed by atoms with E-state index in [-0.39, 0.29) is 0 Å². The maximum absolute atomic E-state index is 10.7. The van der Waals surface area contributed by atoms with Gasteiger partial charge < -0.3 is 4.74 Å². The molecule has 1 heterocycles. The minimum absolute atomic E-state index is 0.306. The van der Waals surface area contributed by atoms with Gasteiger partial charge in [0.25, 0.3) is 0 Å². The van der Waals surface area contributed by atoms with E-state index in [1.165, 1.54) is 18.4 Å². The van der Waals surface area contributed by atoms with Gasteiger partial charge in [0.1, 0.15) is 5.01 Å². The van der Waals surface area contributed by atoms with E-state index >= 15 is 0 Å². The Kier molecular flexibility index (Phi) is 1.96. The van der Waals surface area contributed by atoms with E-state index in [2.05, 4.69) is 14.9 Å². The lowest BCUT2D eigenvalue weighted by Crippen LogP contribution is -1.99. The second-order valence-corrected chi connectivity index (χ2v) is 2.80. The Labute approximate surface area is 61.8 Å². The number of ether oxygens (including phenoxy) is 1. The van der Waals surface area contributed by atoms with Crippen molar-refractivity contribution in [1.82, 2.24) is 10.2 Å². The van der Waals surface area contributed by atoms with Gasteiger partial charge in [-0.25, -0.2) is 4.79 Å². The van der Waals surface area contributed by atoms with Gasteiger partial charge >= 0.3 is 5.97 Å². The first-order valence-corrected chi connectivity index (χ1v) is 3.44. The third kappa shape index (κ3) is 1.30. The number of methoxy groups -OCH3 is 1. The van der Waals surface area contributed by atoms with Gasteiger partial charge in [-0.3, -0.25) is 0 Å². The molecule has 0 unspecified atom stereocenters. The maximum Gasteiger partial charge on any atom is 0.369 e. The van der Waals surface area contributed by atoms with Crippen molar-refractivity contribution in [3.05, 3.63) is 10.0 Å². The summed E-state index contributed by atoms with van der Waals surface area (Å²) in [5.74, 6) is -0.425. The first-order chi connectivity index (χ1) is 4.74. The Bertz CT molecular complexity index is 246. The van der Waals surface area contributed by atoms with Crippen LogP contribution in [0.2, 0.25) is 0 Å². The highest BCUT2D eigenvalue weighted by Crippen LogP contribution is 2.07. The van der Waals surface area contributed by atoms with Gasteiger partial charge in [-0.2, -0.15) is 0 Å². The normalized spacial score (nSPS) is 9.40. The molecule has 1 aromatic heterocycles. The molecule has 0 bridgehead atoms. The number of aryl methyl sites for hydroxylation is 1. The molecule has 0 saturated carbocycles. The Balaban J connectivity index is 2.85. The molecule has 0 aromatic carbocycles. The molecule has 0 aliphatic carbocycles. The molecule has 54 valence electrons. The van der Waals surface area contributed by atoms with Crippen LogP contribution < -0.4 is 0 Å². The molecule has 0 N–H and O–H groups in total. The summed E-state index contributed by atoms with van der Waals surface area (Å²) in [6.07, 6.45) is 0. The number of aromatic nitrogens is 2. The SMILES string of the molecule is COC(=O)c1nnc(C)s1. The second kappa shape index (κ2) is 2.74. The Morgan fingerprint density at radius 2 is 2.30 bits per heavy atom. The minimum Gasteiger partial charge on any atom is -0.464 e. The van der Waals surface area contributed by atoms with Crippen LogP contribution in [-0.4, -0.2) is 23.3 Å². The number of esters is 1. The van der Waals surface area contributed by atoms with Crippen LogP contribution in [0, 0.1) is 6.92 Å². The summed E-state index contributed by atoms with van der Waals surface area (Å²) < 4.78 is 4.42. The molecule has 0 aliphatic rings. The summed E-state index contributed by atoms with van der Waals surface area (Å²) in [6.45, 7) is 1.78. The zero-order valence-corrected chi connectivity index (χ0v) is 6.44. The van der Waals surface area contributed by atoms with E-state index < -0.39 is 5.97 Å². The van der Waals surface area contributed by atoms with Gasteiger partial charge in [-0.05, 0) is 6.92 Å². The minimum atomic E-state index is -0.425. The van der Waals surface area contributed by atoms with Crippen LogP contribution >= 0.6 is 11.3 Å². The quantitative estimate of drug-likeness (QED) is 0.562.